The van der Waals surface area contributed by atoms with Gasteiger partial charge < -0.3 is 10.6 Å². The van der Waals surface area contributed by atoms with Crippen LogP contribution in [0.2, 0.25) is 0 Å². The molecule has 0 amide bonds. The molecule has 0 spiro atoms. The zero-order valence-electron chi connectivity index (χ0n) is 10.9. The summed E-state index contributed by atoms with van der Waals surface area (Å²) < 4.78 is 22.7. The van der Waals surface area contributed by atoms with E-state index in [1.54, 1.807) is 12.1 Å². The highest BCUT2D eigenvalue weighted by Crippen LogP contribution is 2.45. The fourth-order valence-electron chi connectivity index (χ4n) is 2.15. The van der Waals surface area contributed by atoms with Crippen molar-refractivity contribution in [1.82, 2.24) is 0 Å². The number of benzene rings is 1. The van der Waals surface area contributed by atoms with Gasteiger partial charge in [0.25, 0.3) is 0 Å². The highest BCUT2D eigenvalue weighted by Gasteiger charge is 2.42. The van der Waals surface area contributed by atoms with Crippen molar-refractivity contribution >= 4 is 15.5 Å². The minimum atomic E-state index is -3.11. The molecule has 0 aliphatic heterocycles. The maximum Gasteiger partial charge on any atom is 0.175 e. The van der Waals surface area contributed by atoms with E-state index in [0.29, 0.717) is 4.90 Å². The largest absolute Gasteiger partial charge is 0.374 e. The first-order valence-electron chi connectivity index (χ1n) is 6.08. The summed E-state index contributed by atoms with van der Waals surface area (Å²) in [5, 5.41) is 0. The molecule has 0 unspecified atom stereocenters. The second kappa shape index (κ2) is 4.55. The number of hydrogen-bond acceptors (Lipinski definition) is 4. The molecular weight excluding hydrogens is 248 g/mol. The predicted molar refractivity (Wildman–Crippen MR) is 73.5 cm³/mol. The minimum absolute atomic E-state index is 0.282. The van der Waals surface area contributed by atoms with Gasteiger partial charge in [0.1, 0.15) is 0 Å². The third-order valence-corrected chi connectivity index (χ3v) is 4.80. The molecule has 1 aliphatic carbocycles. The Morgan fingerprint density at radius 3 is 2.22 bits per heavy atom. The molecule has 2 N–H and O–H groups in total. The van der Waals surface area contributed by atoms with Gasteiger partial charge in [-0.1, -0.05) is 0 Å². The fourth-order valence-corrected chi connectivity index (χ4v) is 2.78. The van der Waals surface area contributed by atoms with Gasteiger partial charge in [-0.15, -0.1) is 0 Å². The first kappa shape index (κ1) is 13.4. The summed E-state index contributed by atoms with van der Waals surface area (Å²) >= 11 is 0. The first-order chi connectivity index (χ1) is 8.36. The van der Waals surface area contributed by atoms with Gasteiger partial charge in [0.05, 0.1) is 4.90 Å². The molecule has 0 heterocycles. The smallest absolute Gasteiger partial charge is 0.175 e. The van der Waals surface area contributed by atoms with Crippen LogP contribution in [0.5, 0.6) is 0 Å². The lowest BCUT2D eigenvalue weighted by Gasteiger charge is -2.24. The highest BCUT2D eigenvalue weighted by atomic mass is 32.2. The van der Waals surface area contributed by atoms with Crippen LogP contribution in [0.1, 0.15) is 12.8 Å². The first-order valence-corrected chi connectivity index (χ1v) is 7.97. The average Bonchev–Trinajstić information content (AvgIpc) is 3.08. The van der Waals surface area contributed by atoms with Crippen LogP contribution in [0.15, 0.2) is 29.2 Å². The molecular formula is C13H20N2O2S. The van der Waals surface area contributed by atoms with Crippen molar-refractivity contribution in [1.29, 1.82) is 0 Å². The fraction of sp³-hybridized carbons (Fsp3) is 0.538. The van der Waals surface area contributed by atoms with E-state index in [4.69, 9.17) is 5.73 Å². The van der Waals surface area contributed by atoms with E-state index >= 15 is 0 Å². The third-order valence-electron chi connectivity index (χ3n) is 3.67. The monoisotopic (exact) mass is 268 g/mol. The molecule has 0 atom stereocenters. The van der Waals surface area contributed by atoms with Crippen LogP contribution in [0.3, 0.4) is 0 Å². The van der Waals surface area contributed by atoms with Crippen molar-refractivity contribution in [3.8, 4) is 0 Å². The molecule has 1 aromatic carbocycles. The maximum absolute atomic E-state index is 11.4. The van der Waals surface area contributed by atoms with Crippen molar-refractivity contribution in [2.75, 3.05) is 31.3 Å². The van der Waals surface area contributed by atoms with E-state index in [2.05, 4.69) is 4.90 Å². The van der Waals surface area contributed by atoms with Crippen molar-refractivity contribution in [2.45, 2.75) is 17.7 Å². The molecule has 0 bridgehead atoms. The number of nitrogens with two attached hydrogens (primary N) is 1. The standard InChI is InChI=1S/C13H20N2O2S/c1-15(10-13(9-14)7-8-13)11-3-5-12(6-4-11)18(2,16)17/h3-6H,7-10,14H2,1-2H3. The molecule has 18 heavy (non-hydrogen) atoms. The van der Waals surface area contributed by atoms with E-state index < -0.39 is 9.84 Å². The van der Waals surface area contributed by atoms with Gasteiger partial charge in [0, 0.05) is 31.0 Å². The normalized spacial score (nSPS) is 17.5. The molecule has 0 aromatic heterocycles. The van der Waals surface area contributed by atoms with E-state index in [0.717, 1.165) is 18.8 Å². The highest BCUT2D eigenvalue weighted by molar-refractivity contribution is 7.90. The van der Waals surface area contributed by atoms with E-state index in [1.807, 2.05) is 19.2 Å². The van der Waals surface area contributed by atoms with E-state index in [-0.39, 0.29) is 5.41 Å². The lowest BCUT2D eigenvalue weighted by Crippen LogP contribution is -2.31. The van der Waals surface area contributed by atoms with Crippen molar-refractivity contribution in [3.63, 3.8) is 0 Å². The van der Waals surface area contributed by atoms with Gasteiger partial charge in [-0.3, -0.25) is 0 Å². The molecule has 5 heteroatoms. The molecule has 0 saturated heterocycles. The van der Waals surface area contributed by atoms with Crippen LogP contribution < -0.4 is 10.6 Å². The number of hydrogen-bond donors (Lipinski definition) is 1. The Kier molecular flexibility index (Phi) is 3.38. The zero-order chi connectivity index (χ0) is 13.4. The summed E-state index contributed by atoms with van der Waals surface area (Å²) in [7, 11) is -1.09. The van der Waals surface area contributed by atoms with Gasteiger partial charge >= 0.3 is 0 Å². The van der Waals surface area contributed by atoms with Gasteiger partial charge in [-0.05, 0) is 43.7 Å². The Labute approximate surface area is 109 Å². The summed E-state index contributed by atoms with van der Waals surface area (Å²) in [4.78, 5) is 2.51. The van der Waals surface area contributed by atoms with Gasteiger partial charge in [-0.25, -0.2) is 8.42 Å². The summed E-state index contributed by atoms with van der Waals surface area (Å²) in [6.07, 6.45) is 3.60. The number of sulfone groups is 1. The maximum atomic E-state index is 11.4. The summed E-state index contributed by atoms with van der Waals surface area (Å²) in [5.41, 5.74) is 7.08. The quantitative estimate of drug-likeness (QED) is 0.873. The summed E-state index contributed by atoms with van der Waals surface area (Å²) in [6.45, 7) is 1.65. The molecule has 1 fully saturated rings. The molecule has 100 valence electrons. The molecule has 1 aliphatic rings. The Bertz CT molecular complexity index is 518. The Morgan fingerprint density at radius 1 is 1.28 bits per heavy atom. The van der Waals surface area contributed by atoms with Crippen LogP contribution in [0.25, 0.3) is 0 Å². The summed E-state index contributed by atoms with van der Waals surface area (Å²) in [6, 6.07) is 7.01. The van der Waals surface area contributed by atoms with Crippen molar-refractivity contribution < 1.29 is 8.42 Å². The van der Waals surface area contributed by atoms with Gasteiger partial charge in [-0.2, -0.15) is 0 Å². The Hall–Kier alpha value is -1.07. The lowest BCUT2D eigenvalue weighted by molar-refractivity contribution is 0.523. The van der Waals surface area contributed by atoms with Gasteiger partial charge in [0.15, 0.2) is 9.84 Å². The lowest BCUT2D eigenvalue weighted by atomic mass is 10.1. The molecule has 0 radical (unpaired) electrons. The van der Waals surface area contributed by atoms with E-state index in [1.165, 1.54) is 19.1 Å². The van der Waals surface area contributed by atoms with Gasteiger partial charge in [0.2, 0.25) is 0 Å². The number of anilines is 1. The van der Waals surface area contributed by atoms with Crippen LogP contribution >= 0.6 is 0 Å². The second-order valence-corrected chi connectivity index (χ2v) is 7.34. The molecule has 1 saturated carbocycles. The van der Waals surface area contributed by atoms with Crippen LogP contribution in [0, 0.1) is 5.41 Å². The Morgan fingerprint density at radius 2 is 1.83 bits per heavy atom. The third kappa shape index (κ3) is 2.84. The molecule has 1 aromatic rings. The van der Waals surface area contributed by atoms with Crippen LogP contribution in [0.4, 0.5) is 5.69 Å². The average molecular weight is 268 g/mol. The number of rotatable bonds is 5. The minimum Gasteiger partial charge on any atom is -0.374 e. The summed E-state index contributed by atoms with van der Waals surface area (Å²) in [5.74, 6) is 0. The molecule has 2 rings (SSSR count). The van der Waals surface area contributed by atoms with Crippen LogP contribution in [-0.4, -0.2) is 34.8 Å². The Balaban J connectivity index is 2.10. The topological polar surface area (TPSA) is 63.4 Å². The number of nitrogens with zero attached hydrogens (tertiary/aromatic N) is 1. The SMILES string of the molecule is CN(CC1(CN)CC1)c1ccc(S(C)(=O)=O)cc1. The van der Waals surface area contributed by atoms with E-state index in [9.17, 15) is 8.42 Å². The predicted octanol–water partition coefficient (Wildman–Crippen LogP) is 1.27. The van der Waals surface area contributed by atoms with Crippen molar-refractivity contribution in [2.24, 2.45) is 11.1 Å². The second-order valence-electron chi connectivity index (χ2n) is 5.33. The van der Waals surface area contributed by atoms with Crippen LogP contribution in [-0.2, 0) is 9.84 Å². The molecule has 4 nitrogen and oxygen atoms in total. The zero-order valence-corrected chi connectivity index (χ0v) is 11.7. The van der Waals surface area contributed by atoms with Crippen molar-refractivity contribution in [3.05, 3.63) is 24.3 Å².